The van der Waals surface area contributed by atoms with E-state index in [-0.39, 0.29) is 24.0 Å². The number of nitrogens with one attached hydrogen (secondary N) is 1. The fraction of sp³-hybridized carbons (Fsp3) is 0.529. The van der Waals surface area contributed by atoms with Crippen molar-refractivity contribution >= 4 is 21.9 Å². The van der Waals surface area contributed by atoms with Crippen LogP contribution in [-0.2, 0) is 30.9 Å². The summed E-state index contributed by atoms with van der Waals surface area (Å²) in [6.07, 6.45) is 6.01. The Labute approximate surface area is 148 Å². The molecule has 0 unspecified atom stereocenters. The predicted octanol–water partition coefficient (Wildman–Crippen LogP) is 1.46. The largest absolute Gasteiger partial charge is 0.456 e. The molecule has 0 bridgehead atoms. The van der Waals surface area contributed by atoms with Crippen molar-refractivity contribution < 1.29 is 22.7 Å². The highest BCUT2D eigenvalue weighted by atomic mass is 32.2. The van der Waals surface area contributed by atoms with Gasteiger partial charge in [-0.25, -0.2) is 13.6 Å². The maximum absolute atomic E-state index is 11.7. The Bertz CT molecular complexity index is 694. The van der Waals surface area contributed by atoms with Gasteiger partial charge in [-0.3, -0.25) is 9.59 Å². The van der Waals surface area contributed by atoms with Gasteiger partial charge in [-0.15, -0.1) is 0 Å². The number of carbonyl (C=O) groups excluding carboxylic acids is 2. The lowest BCUT2D eigenvalue weighted by molar-refractivity contribution is -0.148. The van der Waals surface area contributed by atoms with Crippen LogP contribution < -0.4 is 10.5 Å². The maximum atomic E-state index is 11.7. The standard InChI is InChI=1S/C17H24N2O5S/c18-25(22,23)15-8-5-14(6-9-15)11-19-16(20)12-24-17(21)10-7-13-3-1-2-4-13/h5-6,8-9,13H,1-4,7,10-12H2,(H,19,20)(H2,18,22,23). The van der Waals surface area contributed by atoms with E-state index in [4.69, 9.17) is 9.88 Å². The minimum Gasteiger partial charge on any atom is -0.456 e. The summed E-state index contributed by atoms with van der Waals surface area (Å²) in [4.78, 5) is 23.4. The number of hydrogen-bond donors (Lipinski definition) is 2. The molecule has 2 rings (SSSR count). The molecule has 0 saturated heterocycles. The van der Waals surface area contributed by atoms with E-state index in [1.54, 1.807) is 12.1 Å². The number of sulfonamides is 1. The summed E-state index contributed by atoms with van der Waals surface area (Å²) >= 11 is 0. The second-order valence-electron chi connectivity index (χ2n) is 6.32. The Balaban J connectivity index is 1.65. The first-order valence-electron chi connectivity index (χ1n) is 8.38. The molecule has 8 heteroatoms. The zero-order chi connectivity index (χ0) is 18.3. The van der Waals surface area contributed by atoms with E-state index in [2.05, 4.69) is 5.32 Å². The zero-order valence-electron chi connectivity index (χ0n) is 14.1. The molecule has 1 aliphatic rings. The van der Waals surface area contributed by atoms with Gasteiger partial charge in [0.05, 0.1) is 4.90 Å². The number of carbonyl (C=O) groups is 2. The average molecular weight is 368 g/mol. The van der Waals surface area contributed by atoms with E-state index in [1.807, 2.05) is 0 Å². The van der Waals surface area contributed by atoms with Crippen LogP contribution in [0.3, 0.4) is 0 Å². The average Bonchev–Trinajstić information content (AvgIpc) is 3.09. The first-order valence-corrected chi connectivity index (χ1v) is 9.93. The van der Waals surface area contributed by atoms with E-state index < -0.39 is 15.9 Å². The minimum absolute atomic E-state index is 0.0127. The van der Waals surface area contributed by atoms with Crippen molar-refractivity contribution in [1.29, 1.82) is 0 Å². The number of amides is 1. The molecule has 0 heterocycles. The third kappa shape index (κ3) is 6.83. The lowest BCUT2D eigenvalue weighted by atomic mass is 10.0. The van der Waals surface area contributed by atoms with E-state index in [9.17, 15) is 18.0 Å². The van der Waals surface area contributed by atoms with Gasteiger partial charge in [0.15, 0.2) is 6.61 Å². The van der Waals surface area contributed by atoms with Gasteiger partial charge >= 0.3 is 5.97 Å². The quantitative estimate of drug-likeness (QED) is 0.674. The van der Waals surface area contributed by atoms with Crippen LogP contribution in [0.5, 0.6) is 0 Å². The number of hydrogen-bond acceptors (Lipinski definition) is 5. The monoisotopic (exact) mass is 368 g/mol. The third-order valence-corrected chi connectivity index (χ3v) is 5.27. The molecule has 0 aromatic heterocycles. The van der Waals surface area contributed by atoms with Crippen LogP contribution in [0.1, 0.15) is 44.1 Å². The lowest BCUT2D eigenvalue weighted by Crippen LogP contribution is -2.28. The van der Waals surface area contributed by atoms with Crippen molar-refractivity contribution in [3.8, 4) is 0 Å². The molecule has 1 aliphatic carbocycles. The van der Waals surface area contributed by atoms with Crippen LogP contribution in [0, 0.1) is 5.92 Å². The Morgan fingerprint density at radius 1 is 1.16 bits per heavy atom. The van der Waals surface area contributed by atoms with Crippen molar-refractivity contribution in [2.45, 2.75) is 50.0 Å². The molecule has 7 nitrogen and oxygen atoms in total. The molecular weight excluding hydrogens is 344 g/mol. The molecule has 1 amide bonds. The molecule has 1 aromatic carbocycles. The highest BCUT2D eigenvalue weighted by molar-refractivity contribution is 7.89. The third-order valence-electron chi connectivity index (χ3n) is 4.34. The second kappa shape index (κ2) is 8.96. The first kappa shape index (κ1) is 19.4. The Hall–Kier alpha value is -1.93. The fourth-order valence-electron chi connectivity index (χ4n) is 2.89. The van der Waals surface area contributed by atoms with Crippen LogP contribution in [0.25, 0.3) is 0 Å². The van der Waals surface area contributed by atoms with E-state index in [0.717, 1.165) is 6.42 Å². The molecule has 1 saturated carbocycles. The Morgan fingerprint density at radius 3 is 2.40 bits per heavy atom. The molecular formula is C17H24N2O5S. The van der Waals surface area contributed by atoms with Crippen molar-refractivity contribution in [2.75, 3.05) is 6.61 Å². The van der Waals surface area contributed by atoms with Crippen molar-refractivity contribution in [3.63, 3.8) is 0 Å². The highest BCUT2D eigenvalue weighted by Crippen LogP contribution is 2.28. The molecule has 0 spiro atoms. The van der Waals surface area contributed by atoms with E-state index in [1.165, 1.54) is 37.8 Å². The van der Waals surface area contributed by atoms with Crippen molar-refractivity contribution in [2.24, 2.45) is 11.1 Å². The van der Waals surface area contributed by atoms with Crippen LogP contribution in [0.15, 0.2) is 29.2 Å². The second-order valence-corrected chi connectivity index (χ2v) is 7.88. The zero-order valence-corrected chi connectivity index (χ0v) is 14.9. The number of rotatable bonds is 8. The summed E-state index contributed by atoms with van der Waals surface area (Å²) in [7, 11) is -3.73. The molecule has 138 valence electrons. The molecule has 0 aliphatic heterocycles. The summed E-state index contributed by atoms with van der Waals surface area (Å²) in [5, 5.41) is 7.63. The smallest absolute Gasteiger partial charge is 0.306 e. The topological polar surface area (TPSA) is 116 Å². The van der Waals surface area contributed by atoms with Gasteiger partial charge in [-0.1, -0.05) is 37.8 Å². The Morgan fingerprint density at radius 2 is 1.80 bits per heavy atom. The maximum Gasteiger partial charge on any atom is 0.306 e. The molecule has 1 aromatic rings. The summed E-state index contributed by atoms with van der Waals surface area (Å²) in [5.41, 5.74) is 0.716. The molecule has 3 N–H and O–H groups in total. The minimum atomic E-state index is -3.73. The van der Waals surface area contributed by atoms with Crippen molar-refractivity contribution in [1.82, 2.24) is 5.32 Å². The van der Waals surface area contributed by atoms with Crippen molar-refractivity contribution in [3.05, 3.63) is 29.8 Å². The van der Waals surface area contributed by atoms with Gasteiger partial charge in [0.25, 0.3) is 5.91 Å². The molecule has 1 fully saturated rings. The van der Waals surface area contributed by atoms with Crippen LogP contribution >= 0.6 is 0 Å². The van der Waals surface area contributed by atoms with Gasteiger partial charge in [0, 0.05) is 13.0 Å². The van der Waals surface area contributed by atoms with Crippen LogP contribution in [0.2, 0.25) is 0 Å². The lowest BCUT2D eigenvalue weighted by Gasteiger charge is -2.09. The number of benzene rings is 1. The van der Waals surface area contributed by atoms with E-state index >= 15 is 0 Å². The summed E-state index contributed by atoms with van der Waals surface area (Å²) in [6.45, 7) is -0.0951. The number of esters is 1. The first-order chi connectivity index (χ1) is 11.8. The van der Waals surface area contributed by atoms with Crippen LogP contribution in [-0.4, -0.2) is 26.9 Å². The van der Waals surface area contributed by atoms with Gasteiger partial charge in [-0.2, -0.15) is 0 Å². The number of primary sulfonamides is 1. The number of nitrogens with two attached hydrogens (primary N) is 1. The SMILES string of the molecule is NS(=O)(=O)c1ccc(CNC(=O)COC(=O)CCC2CCCC2)cc1. The molecule has 0 atom stereocenters. The molecule has 0 radical (unpaired) electrons. The van der Waals surface area contributed by atoms with Gasteiger partial charge in [0.2, 0.25) is 10.0 Å². The number of ether oxygens (including phenoxy) is 1. The van der Waals surface area contributed by atoms with E-state index in [0.29, 0.717) is 17.9 Å². The molecule has 25 heavy (non-hydrogen) atoms. The fourth-order valence-corrected chi connectivity index (χ4v) is 3.40. The predicted molar refractivity (Wildman–Crippen MR) is 91.8 cm³/mol. The van der Waals surface area contributed by atoms with Gasteiger partial charge < -0.3 is 10.1 Å². The van der Waals surface area contributed by atoms with Gasteiger partial charge in [-0.05, 0) is 30.0 Å². The summed E-state index contributed by atoms with van der Waals surface area (Å²) in [5.74, 6) is -0.133. The summed E-state index contributed by atoms with van der Waals surface area (Å²) < 4.78 is 27.3. The summed E-state index contributed by atoms with van der Waals surface area (Å²) in [6, 6.07) is 5.88. The van der Waals surface area contributed by atoms with Crippen LogP contribution in [0.4, 0.5) is 0 Å². The normalized spacial score (nSPS) is 15.1. The Kier molecular flexibility index (Phi) is 6.95. The van der Waals surface area contributed by atoms with Gasteiger partial charge in [0.1, 0.15) is 0 Å². The highest BCUT2D eigenvalue weighted by Gasteiger charge is 2.17.